The van der Waals surface area contributed by atoms with Crippen molar-refractivity contribution in [3.63, 3.8) is 0 Å². The Bertz CT molecular complexity index is 1070. The Morgan fingerprint density at radius 1 is 1.00 bits per heavy atom. The van der Waals surface area contributed by atoms with Crippen LogP contribution in [0.25, 0.3) is 10.9 Å². The quantitative estimate of drug-likeness (QED) is 0.177. The number of benzene rings is 2. The highest BCUT2D eigenvalue weighted by atomic mass is 127. The van der Waals surface area contributed by atoms with Crippen LogP contribution in [-0.4, -0.2) is 52.4 Å². The topological polar surface area (TPSA) is 71.0 Å². The number of para-hydroxylation sites is 1. The number of hydrogen-bond acceptors (Lipinski definition) is 5. The molecular weight excluding hydrogens is 529 g/mol. The standard InChI is InChI=1S/C25H33N5O2.HI/c1-18-10-11-19(23(14-18)32-13-12-31-5)16-27-25(26-2)28-17-20-15-24(30(3)4)29-22-9-7-6-8-21(20)22;/h6-11,14-15H,12-13,16-17H2,1-5H3,(H2,26,27,28);1H. The Balaban J connectivity index is 0.00000385. The van der Waals surface area contributed by atoms with E-state index in [0.717, 1.165) is 39.6 Å². The maximum Gasteiger partial charge on any atom is 0.191 e. The van der Waals surface area contributed by atoms with Crippen LogP contribution in [0, 0.1) is 6.92 Å². The third-order valence-corrected chi connectivity index (χ3v) is 5.13. The van der Waals surface area contributed by atoms with Crippen LogP contribution in [0.15, 0.2) is 53.5 Å². The molecule has 0 aliphatic rings. The van der Waals surface area contributed by atoms with Gasteiger partial charge in [-0.1, -0.05) is 30.3 Å². The third kappa shape index (κ3) is 7.46. The van der Waals surface area contributed by atoms with Crippen molar-refractivity contribution >= 4 is 46.7 Å². The van der Waals surface area contributed by atoms with E-state index in [1.165, 1.54) is 5.56 Å². The molecule has 1 heterocycles. The molecule has 2 aromatic carbocycles. The highest BCUT2D eigenvalue weighted by Crippen LogP contribution is 2.22. The van der Waals surface area contributed by atoms with E-state index in [1.54, 1.807) is 14.2 Å². The molecule has 8 heteroatoms. The number of fused-ring (bicyclic) bond motifs is 1. The lowest BCUT2D eigenvalue weighted by atomic mass is 10.1. The van der Waals surface area contributed by atoms with Gasteiger partial charge in [0.25, 0.3) is 0 Å². The highest BCUT2D eigenvalue weighted by Gasteiger charge is 2.09. The smallest absolute Gasteiger partial charge is 0.191 e. The number of halogens is 1. The number of nitrogens with zero attached hydrogens (tertiary/aromatic N) is 3. The van der Waals surface area contributed by atoms with Crippen molar-refractivity contribution in [3.8, 4) is 5.75 Å². The van der Waals surface area contributed by atoms with Gasteiger partial charge in [0, 0.05) is 52.3 Å². The van der Waals surface area contributed by atoms with Gasteiger partial charge in [-0.3, -0.25) is 4.99 Å². The molecule has 7 nitrogen and oxygen atoms in total. The van der Waals surface area contributed by atoms with Gasteiger partial charge in [0.05, 0.1) is 12.1 Å². The van der Waals surface area contributed by atoms with E-state index in [1.807, 2.05) is 37.2 Å². The number of aliphatic imine (C=N–C) groups is 1. The van der Waals surface area contributed by atoms with Crippen molar-refractivity contribution in [3.05, 3.63) is 65.2 Å². The minimum atomic E-state index is 0. The average Bonchev–Trinajstić information content (AvgIpc) is 2.80. The molecule has 0 bridgehead atoms. The lowest BCUT2D eigenvalue weighted by molar-refractivity contribution is 0.145. The van der Waals surface area contributed by atoms with Crippen molar-refractivity contribution in [1.82, 2.24) is 15.6 Å². The summed E-state index contributed by atoms with van der Waals surface area (Å²) in [6, 6.07) is 16.5. The average molecular weight is 563 g/mol. The minimum Gasteiger partial charge on any atom is -0.491 e. The van der Waals surface area contributed by atoms with Crippen LogP contribution in [-0.2, 0) is 17.8 Å². The molecule has 0 aliphatic heterocycles. The fourth-order valence-electron chi connectivity index (χ4n) is 3.36. The lowest BCUT2D eigenvalue weighted by Crippen LogP contribution is -2.36. The molecule has 0 aliphatic carbocycles. The predicted molar refractivity (Wildman–Crippen MR) is 147 cm³/mol. The molecule has 0 radical (unpaired) electrons. The lowest BCUT2D eigenvalue weighted by Gasteiger charge is -2.17. The van der Waals surface area contributed by atoms with E-state index in [2.05, 4.69) is 52.9 Å². The fraction of sp³-hybridized carbons (Fsp3) is 0.360. The van der Waals surface area contributed by atoms with Crippen molar-refractivity contribution in [1.29, 1.82) is 0 Å². The number of guanidine groups is 1. The summed E-state index contributed by atoms with van der Waals surface area (Å²) in [6.45, 7) is 4.36. The van der Waals surface area contributed by atoms with Gasteiger partial charge >= 0.3 is 0 Å². The van der Waals surface area contributed by atoms with Crippen LogP contribution in [0.2, 0.25) is 0 Å². The number of aromatic nitrogens is 1. The third-order valence-electron chi connectivity index (χ3n) is 5.13. The number of pyridine rings is 1. The normalized spacial score (nSPS) is 11.1. The molecule has 0 amide bonds. The van der Waals surface area contributed by atoms with Gasteiger partial charge in [-0.25, -0.2) is 4.98 Å². The van der Waals surface area contributed by atoms with Crippen LogP contribution in [0.1, 0.15) is 16.7 Å². The van der Waals surface area contributed by atoms with Gasteiger partial charge in [0.15, 0.2) is 5.96 Å². The van der Waals surface area contributed by atoms with Crippen molar-refractivity contribution in [2.75, 3.05) is 46.4 Å². The number of anilines is 1. The molecular formula is C25H34IN5O2. The van der Waals surface area contributed by atoms with Crippen molar-refractivity contribution in [2.45, 2.75) is 20.0 Å². The highest BCUT2D eigenvalue weighted by molar-refractivity contribution is 14.0. The van der Waals surface area contributed by atoms with Crippen molar-refractivity contribution < 1.29 is 9.47 Å². The van der Waals surface area contributed by atoms with Crippen LogP contribution in [0.3, 0.4) is 0 Å². The summed E-state index contributed by atoms with van der Waals surface area (Å²) < 4.78 is 11.0. The Morgan fingerprint density at radius 2 is 1.73 bits per heavy atom. The number of methoxy groups -OCH3 is 1. The molecule has 0 spiro atoms. The SMILES string of the molecule is CN=C(NCc1ccc(C)cc1OCCOC)NCc1cc(N(C)C)nc2ccccc12.I. The van der Waals surface area contributed by atoms with Gasteiger partial charge in [-0.2, -0.15) is 0 Å². The molecule has 0 fully saturated rings. The summed E-state index contributed by atoms with van der Waals surface area (Å²) in [5.74, 6) is 2.52. The molecule has 1 aromatic heterocycles. The van der Waals surface area contributed by atoms with Crippen LogP contribution >= 0.6 is 24.0 Å². The summed E-state index contributed by atoms with van der Waals surface area (Å²) >= 11 is 0. The molecule has 2 N–H and O–H groups in total. The van der Waals surface area contributed by atoms with E-state index in [0.29, 0.717) is 26.3 Å². The van der Waals surface area contributed by atoms with Gasteiger partial charge in [0.2, 0.25) is 0 Å². The van der Waals surface area contributed by atoms with Gasteiger partial charge in [-0.05, 0) is 36.2 Å². The number of rotatable bonds is 9. The Hall–Kier alpha value is -2.59. The summed E-state index contributed by atoms with van der Waals surface area (Å²) in [5, 5.41) is 7.96. The number of nitrogens with one attached hydrogen (secondary N) is 2. The van der Waals surface area contributed by atoms with E-state index < -0.39 is 0 Å². The van der Waals surface area contributed by atoms with Crippen LogP contribution < -0.4 is 20.3 Å². The summed E-state index contributed by atoms with van der Waals surface area (Å²) in [4.78, 5) is 11.1. The van der Waals surface area contributed by atoms with E-state index >= 15 is 0 Å². The minimum absolute atomic E-state index is 0. The van der Waals surface area contributed by atoms with E-state index in [9.17, 15) is 0 Å². The van der Waals surface area contributed by atoms with Gasteiger partial charge < -0.3 is 25.0 Å². The first-order valence-electron chi connectivity index (χ1n) is 10.7. The summed E-state index contributed by atoms with van der Waals surface area (Å²) in [7, 11) is 7.45. The van der Waals surface area contributed by atoms with Gasteiger partial charge in [0.1, 0.15) is 18.2 Å². The largest absolute Gasteiger partial charge is 0.491 e. The first-order chi connectivity index (χ1) is 15.5. The number of ether oxygens (including phenoxy) is 2. The first kappa shape index (κ1) is 26.7. The second-order valence-corrected chi connectivity index (χ2v) is 7.78. The second-order valence-electron chi connectivity index (χ2n) is 7.78. The maximum atomic E-state index is 5.90. The zero-order valence-electron chi connectivity index (χ0n) is 20.0. The first-order valence-corrected chi connectivity index (χ1v) is 10.7. The second kappa shape index (κ2) is 13.2. The monoisotopic (exact) mass is 563 g/mol. The van der Waals surface area contributed by atoms with Gasteiger partial charge in [-0.15, -0.1) is 24.0 Å². The van der Waals surface area contributed by atoms with Crippen molar-refractivity contribution in [2.24, 2.45) is 4.99 Å². The number of aryl methyl sites for hydroxylation is 1. The molecule has 0 unspecified atom stereocenters. The Morgan fingerprint density at radius 3 is 2.42 bits per heavy atom. The van der Waals surface area contributed by atoms with Crippen LogP contribution in [0.4, 0.5) is 5.82 Å². The molecule has 0 saturated carbocycles. The zero-order valence-corrected chi connectivity index (χ0v) is 22.3. The predicted octanol–water partition coefficient (Wildman–Crippen LogP) is 4.12. The van der Waals surface area contributed by atoms with E-state index in [4.69, 9.17) is 14.5 Å². The number of hydrogen-bond donors (Lipinski definition) is 2. The van der Waals surface area contributed by atoms with Crippen LogP contribution in [0.5, 0.6) is 5.75 Å². The molecule has 0 atom stereocenters. The summed E-state index contributed by atoms with van der Waals surface area (Å²) in [6.07, 6.45) is 0. The molecule has 178 valence electrons. The fourth-order valence-corrected chi connectivity index (χ4v) is 3.36. The summed E-state index contributed by atoms with van der Waals surface area (Å²) in [5.41, 5.74) is 4.38. The molecule has 33 heavy (non-hydrogen) atoms. The van der Waals surface area contributed by atoms with E-state index in [-0.39, 0.29) is 24.0 Å². The molecule has 0 saturated heterocycles. The molecule has 3 rings (SSSR count). The Kier molecular flexibility index (Phi) is 10.7. The molecule has 3 aromatic rings. The maximum absolute atomic E-state index is 5.90. The Labute approximate surface area is 213 Å². The zero-order chi connectivity index (χ0) is 22.9.